The summed E-state index contributed by atoms with van der Waals surface area (Å²) in [5, 5.41) is 0. The Morgan fingerprint density at radius 2 is 2.27 bits per heavy atom. The van der Waals surface area contributed by atoms with Gasteiger partial charge >= 0.3 is 0 Å². The summed E-state index contributed by atoms with van der Waals surface area (Å²) in [5.74, 6) is 0.715. The van der Waals surface area contributed by atoms with Gasteiger partial charge in [0.05, 0.1) is 5.69 Å². The molecule has 0 unspecified atom stereocenters. The first-order valence-corrected chi connectivity index (χ1v) is 5.69. The number of imidazole rings is 1. The van der Waals surface area contributed by atoms with E-state index < -0.39 is 0 Å². The number of aromatic nitrogens is 3. The minimum Gasteiger partial charge on any atom is -0.321 e. The maximum Gasteiger partial charge on any atom is 0.234 e. The summed E-state index contributed by atoms with van der Waals surface area (Å²) in [7, 11) is 0. The highest BCUT2D eigenvalue weighted by Gasteiger charge is 2.40. The van der Waals surface area contributed by atoms with Gasteiger partial charge < -0.3 is 5.73 Å². The van der Waals surface area contributed by atoms with Crippen molar-refractivity contribution in [3.8, 4) is 0 Å². The molecule has 0 aromatic carbocycles. The van der Waals surface area contributed by atoms with E-state index >= 15 is 0 Å². The first-order chi connectivity index (χ1) is 7.10. The normalized spacial score (nSPS) is 18.3. The number of aryl methyl sites for hydroxylation is 1. The average Bonchev–Trinajstić information content (AvgIpc) is 2.90. The minimum atomic E-state index is -0.140. The van der Waals surface area contributed by atoms with Crippen molar-refractivity contribution < 1.29 is 0 Å². The lowest BCUT2D eigenvalue weighted by atomic mass is 10.1. The molecule has 5 heteroatoms. The quantitative estimate of drug-likeness (QED) is 0.856. The molecule has 1 aliphatic rings. The lowest BCUT2D eigenvalue weighted by Crippen LogP contribution is -2.19. The summed E-state index contributed by atoms with van der Waals surface area (Å²) in [6.45, 7) is 1.95. The van der Waals surface area contributed by atoms with Crippen LogP contribution < -0.4 is 5.73 Å². The lowest BCUT2D eigenvalue weighted by molar-refractivity contribution is 0.725. The van der Waals surface area contributed by atoms with E-state index in [0.717, 1.165) is 28.7 Å². The Bertz CT molecular complexity index is 542. The van der Waals surface area contributed by atoms with Gasteiger partial charge in [-0.1, -0.05) is 0 Å². The third-order valence-corrected chi connectivity index (χ3v) is 3.90. The van der Waals surface area contributed by atoms with Gasteiger partial charge in [0.15, 0.2) is 0 Å². The van der Waals surface area contributed by atoms with Crippen molar-refractivity contribution in [1.82, 2.24) is 14.4 Å². The van der Waals surface area contributed by atoms with Crippen molar-refractivity contribution in [3.05, 3.63) is 28.3 Å². The molecule has 78 valence electrons. The molecule has 2 aromatic rings. The number of hydrogen-bond donors (Lipinski definition) is 1. The summed E-state index contributed by atoms with van der Waals surface area (Å²) in [6, 6.07) is 0. The van der Waals surface area contributed by atoms with Crippen LogP contribution in [0.1, 0.15) is 24.1 Å². The molecule has 0 saturated heterocycles. The van der Waals surface area contributed by atoms with Crippen LogP contribution in [0.25, 0.3) is 5.78 Å². The van der Waals surface area contributed by atoms with Gasteiger partial charge in [0.2, 0.25) is 5.78 Å². The fourth-order valence-corrected chi connectivity index (χ4v) is 2.05. The van der Waals surface area contributed by atoms with Gasteiger partial charge in [0, 0.05) is 23.5 Å². The highest BCUT2D eigenvalue weighted by Crippen LogP contribution is 2.42. The fraction of sp³-hybridized carbons (Fsp3) is 0.400. The standard InChI is InChI=1S/C10H11BrN4/c1-6-8(11)15-5-7(10(12)2-3-10)4-13-9(15)14-6/h4-5H,2-3,12H2,1H3. The molecule has 1 aliphatic carbocycles. The van der Waals surface area contributed by atoms with E-state index in [0.29, 0.717) is 5.78 Å². The maximum atomic E-state index is 6.13. The van der Waals surface area contributed by atoms with Crippen LogP contribution in [0.4, 0.5) is 0 Å². The van der Waals surface area contributed by atoms with E-state index in [4.69, 9.17) is 5.73 Å². The van der Waals surface area contributed by atoms with E-state index in [1.54, 1.807) is 0 Å². The summed E-state index contributed by atoms with van der Waals surface area (Å²) < 4.78 is 2.90. The highest BCUT2D eigenvalue weighted by molar-refractivity contribution is 9.10. The number of halogens is 1. The first-order valence-electron chi connectivity index (χ1n) is 4.90. The molecule has 0 bridgehead atoms. The number of rotatable bonds is 1. The Kier molecular flexibility index (Phi) is 1.73. The van der Waals surface area contributed by atoms with Crippen molar-refractivity contribution in [3.63, 3.8) is 0 Å². The molecule has 0 atom stereocenters. The molecule has 4 nitrogen and oxygen atoms in total. The van der Waals surface area contributed by atoms with Crippen LogP contribution in [0.3, 0.4) is 0 Å². The molecule has 2 heterocycles. The second kappa shape index (κ2) is 2.80. The van der Waals surface area contributed by atoms with Crippen molar-refractivity contribution in [2.75, 3.05) is 0 Å². The second-order valence-electron chi connectivity index (χ2n) is 4.16. The topological polar surface area (TPSA) is 56.2 Å². The SMILES string of the molecule is Cc1nc2ncc(C3(N)CC3)cn2c1Br. The lowest BCUT2D eigenvalue weighted by Gasteiger charge is -2.08. The second-order valence-corrected chi connectivity index (χ2v) is 4.91. The van der Waals surface area contributed by atoms with Gasteiger partial charge in [-0.15, -0.1) is 0 Å². The van der Waals surface area contributed by atoms with Crippen LogP contribution in [0.5, 0.6) is 0 Å². The Labute approximate surface area is 95.7 Å². The smallest absolute Gasteiger partial charge is 0.234 e. The van der Waals surface area contributed by atoms with Crippen LogP contribution in [0, 0.1) is 6.92 Å². The molecule has 0 radical (unpaired) electrons. The Morgan fingerprint density at radius 3 is 2.93 bits per heavy atom. The third-order valence-electron chi connectivity index (χ3n) is 2.94. The summed E-state index contributed by atoms with van der Waals surface area (Å²) >= 11 is 3.49. The van der Waals surface area contributed by atoms with E-state index in [2.05, 4.69) is 25.9 Å². The molecule has 0 aliphatic heterocycles. The maximum absolute atomic E-state index is 6.13. The number of fused-ring (bicyclic) bond motifs is 1. The largest absolute Gasteiger partial charge is 0.321 e. The molecular formula is C10H11BrN4. The van der Waals surface area contributed by atoms with Crippen LogP contribution in [-0.2, 0) is 5.54 Å². The zero-order chi connectivity index (χ0) is 10.6. The zero-order valence-corrected chi connectivity index (χ0v) is 9.95. The average molecular weight is 267 g/mol. The number of nitrogens with zero attached hydrogens (tertiary/aromatic N) is 3. The predicted molar refractivity (Wildman–Crippen MR) is 60.5 cm³/mol. The van der Waals surface area contributed by atoms with Gasteiger partial charge in [-0.2, -0.15) is 0 Å². The van der Waals surface area contributed by atoms with E-state index in [9.17, 15) is 0 Å². The van der Waals surface area contributed by atoms with Gasteiger partial charge in [-0.05, 0) is 35.7 Å². The van der Waals surface area contributed by atoms with Gasteiger partial charge in [0.25, 0.3) is 0 Å². The minimum absolute atomic E-state index is 0.140. The molecule has 0 spiro atoms. The fourth-order valence-electron chi connectivity index (χ4n) is 1.70. The molecule has 2 aromatic heterocycles. The summed E-state index contributed by atoms with van der Waals surface area (Å²) in [5.41, 5.74) is 8.02. The molecule has 15 heavy (non-hydrogen) atoms. The monoisotopic (exact) mass is 266 g/mol. The van der Waals surface area contributed by atoms with E-state index in [1.807, 2.05) is 23.7 Å². The van der Waals surface area contributed by atoms with E-state index in [-0.39, 0.29) is 5.54 Å². The van der Waals surface area contributed by atoms with Gasteiger partial charge in [0.1, 0.15) is 4.60 Å². The molecule has 0 amide bonds. The van der Waals surface area contributed by atoms with Gasteiger partial charge in [-0.3, -0.25) is 4.40 Å². The van der Waals surface area contributed by atoms with Crippen molar-refractivity contribution in [2.45, 2.75) is 25.3 Å². The molecule has 3 rings (SSSR count). The third kappa shape index (κ3) is 1.30. The summed E-state index contributed by atoms with van der Waals surface area (Å²) in [6.07, 6.45) is 5.96. The Morgan fingerprint density at radius 1 is 1.53 bits per heavy atom. The van der Waals surface area contributed by atoms with Crippen molar-refractivity contribution in [2.24, 2.45) is 5.73 Å². The van der Waals surface area contributed by atoms with Crippen molar-refractivity contribution >= 4 is 21.7 Å². The molecule has 1 fully saturated rings. The van der Waals surface area contributed by atoms with Crippen LogP contribution >= 0.6 is 15.9 Å². The Balaban J connectivity index is 2.25. The Hall–Kier alpha value is -0.940. The first kappa shape index (κ1) is 9.30. The van der Waals surface area contributed by atoms with Crippen LogP contribution in [-0.4, -0.2) is 14.4 Å². The summed E-state index contributed by atoms with van der Waals surface area (Å²) in [4.78, 5) is 8.63. The van der Waals surface area contributed by atoms with Gasteiger partial charge in [-0.25, -0.2) is 9.97 Å². The highest BCUT2D eigenvalue weighted by atomic mass is 79.9. The number of hydrogen-bond acceptors (Lipinski definition) is 3. The van der Waals surface area contributed by atoms with E-state index in [1.165, 1.54) is 0 Å². The predicted octanol–water partition coefficient (Wildman–Crippen LogP) is 1.75. The van der Waals surface area contributed by atoms with Crippen LogP contribution in [0.15, 0.2) is 17.0 Å². The van der Waals surface area contributed by atoms with Crippen LogP contribution in [0.2, 0.25) is 0 Å². The molecule has 1 saturated carbocycles. The number of nitrogens with two attached hydrogens (primary N) is 1. The molecule has 2 N–H and O–H groups in total. The molecular weight excluding hydrogens is 256 g/mol. The van der Waals surface area contributed by atoms with Crippen molar-refractivity contribution in [1.29, 1.82) is 0 Å². The zero-order valence-electron chi connectivity index (χ0n) is 8.37.